The van der Waals surface area contributed by atoms with Crippen LogP contribution in [0.1, 0.15) is 0 Å². The van der Waals surface area contributed by atoms with Crippen molar-refractivity contribution in [1.82, 2.24) is 4.98 Å². The predicted octanol–water partition coefficient (Wildman–Crippen LogP) is 2.35. The highest BCUT2D eigenvalue weighted by Crippen LogP contribution is 2.40. The molecule has 2 aromatic rings. The zero-order chi connectivity index (χ0) is 12.3. The third-order valence-corrected chi connectivity index (χ3v) is 2.55. The summed E-state index contributed by atoms with van der Waals surface area (Å²) in [6.07, 6.45) is 3.36. The van der Waals surface area contributed by atoms with E-state index in [2.05, 4.69) is 4.98 Å². The topological polar surface area (TPSA) is 57.4 Å². The molecule has 88 valence electrons. The van der Waals surface area contributed by atoms with Gasteiger partial charge in [0.2, 0.25) is 0 Å². The summed E-state index contributed by atoms with van der Waals surface area (Å²) in [7, 11) is 3.23. The summed E-state index contributed by atoms with van der Waals surface area (Å²) < 4.78 is 10.7. The fourth-order valence-electron chi connectivity index (χ4n) is 1.73. The molecule has 2 rings (SSSR count). The summed E-state index contributed by atoms with van der Waals surface area (Å²) >= 11 is 0. The number of nitrogens with two attached hydrogens (primary N) is 1. The van der Waals surface area contributed by atoms with Crippen LogP contribution in [-0.4, -0.2) is 19.2 Å². The van der Waals surface area contributed by atoms with Crippen LogP contribution < -0.4 is 15.2 Å². The number of ether oxygens (including phenoxy) is 2. The zero-order valence-corrected chi connectivity index (χ0v) is 9.81. The summed E-state index contributed by atoms with van der Waals surface area (Å²) in [6.45, 7) is 0. The first-order chi connectivity index (χ1) is 8.27. The van der Waals surface area contributed by atoms with E-state index in [9.17, 15) is 0 Å². The zero-order valence-electron chi connectivity index (χ0n) is 9.81. The Morgan fingerprint density at radius 3 is 2.24 bits per heavy atom. The molecule has 0 aliphatic carbocycles. The summed E-state index contributed by atoms with van der Waals surface area (Å²) in [5.41, 5.74) is 8.22. The molecule has 1 aromatic heterocycles. The van der Waals surface area contributed by atoms with Crippen LogP contribution in [0.15, 0.2) is 36.7 Å². The van der Waals surface area contributed by atoms with E-state index >= 15 is 0 Å². The number of hydrogen-bond acceptors (Lipinski definition) is 4. The van der Waals surface area contributed by atoms with Crippen molar-refractivity contribution in [3.8, 4) is 22.6 Å². The number of rotatable bonds is 3. The SMILES string of the molecule is COc1cccc(OC)c1-c1cnccc1N. The molecule has 17 heavy (non-hydrogen) atoms. The van der Waals surface area contributed by atoms with E-state index < -0.39 is 0 Å². The van der Waals surface area contributed by atoms with Crippen LogP contribution in [-0.2, 0) is 0 Å². The van der Waals surface area contributed by atoms with Crippen molar-refractivity contribution in [2.45, 2.75) is 0 Å². The van der Waals surface area contributed by atoms with Crippen LogP contribution in [0.4, 0.5) is 5.69 Å². The normalized spacial score (nSPS) is 10.0. The third-order valence-electron chi connectivity index (χ3n) is 2.55. The van der Waals surface area contributed by atoms with Gasteiger partial charge >= 0.3 is 0 Å². The molecular weight excluding hydrogens is 216 g/mol. The van der Waals surface area contributed by atoms with Crippen LogP contribution in [0.25, 0.3) is 11.1 Å². The number of hydrogen-bond donors (Lipinski definition) is 1. The second kappa shape index (κ2) is 4.74. The van der Waals surface area contributed by atoms with Gasteiger partial charge in [-0.1, -0.05) is 6.07 Å². The minimum Gasteiger partial charge on any atom is -0.496 e. The lowest BCUT2D eigenvalue weighted by molar-refractivity contribution is 0.397. The van der Waals surface area contributed by atoms with Crippen molar-refractivity contribution < 1.29 is 9.47 Å². The maximum absolute atomic E-state index is 5.95. The van der Waals surface area contributed by atoms with E-state index in [1.54, 1.807) is 32.7 Å². The highest BCUT2D eigenvalue weighted by molar-refractivity contribution is 5.84. The molecule has 0 aliphatic heterocycles. The second-order valence-corrected chi connectivity index (χ2v) is 3.50. The van der Waals surface area contributed by atoms with Gasteiger partial charge < -0.3 is 15.2 Å². The molecule has 0 amide bonds. The molecule has 0 spiro atoms. The van der Waals surface area contributed by atoms with Crippen molar-refractivity contribution in [2.75, 3.05) is 20.0 Å². The van der Waals surface area contributed by atoms with E-state index in [-0.39, 0.29) is 0 Å². The van der Waals surface area contributed by atoms with Gasteiger partial charge in [0.1, 0.15) is 11.5 Å². The minimum absolute atomic E-state index is 0.641. The Bertz CT molecular complexity index is 504. The first kappa shape index (κ1) is 11.3. The minimum atomic E-state index is 0.641. The molecule has 0 atom stereocenters. The van der Waals surface area contributed by atoms with Crippen molar-refractivity contribution in [2.24, 2.45) is 0 Å². The van der Waals surface area contributed by atoms with E-state index in [1.807, 2.05) is 18.2 Å². The molecule has 0 saturated heterocycles. The van der Waals surface area contributed by atoms with Crippen LogP contribution in [0.2, 0.25) is 0 Å². The highest BCUT2D eigenvalue weighted by atomic mass is 16.5. The Labute approximate surface area is 100 Å². The standard InChI is InChI=1S/C13H14N2O2/c1-16-11-4-3-5-12(17-2)13(11)9-8-15-7-6-10(9)14/h3-8H,1-2H3,(H2,14,15). The molecule has 1 heterocycles. The van der Waals surface area contributed by atoms with Crippen LogP contribution in [0, 0.1) is 0 Å². The van der Waals surface area contributed by atoms with Crippen molar-refractivity contribution in [3.63, 3.8) is 0 Å². The number of nitrogens with zero attached hydrogens (tertiary/aromatic N) is 1. The van der Waals surface area contributed by atoms with Gasteiger partial charge in [-0.3, -0.25) is 4.98 Å². The lowest BCUT2D eigenvalue weighted by atomic mass is 10.0. The van der Waals surface area contributed by atoms with Crippen molar-refractivity contribution in [3.05, 3.63) is 36.7 Å². The number of methoxy groups -OCH3 is 2. The van der Waals surface area contributed by atoms with Gasteiger partial charge in [-0.25, -0.2) is 0 Å². The van der Waals surface area contributed by atoms with Crippen LogP contribution in [0.3, 0.4) is 0 Å². The highest BCUT2D eigenvalue weighted by Gasteiger charge is 2.14. The van der Waals surface area contributed by atoms with Crippen molar-refractivity contribution in [1.29, 1.82) is 0 Å². The molecule has 0 unspecified atom stereocenters. The molecule has 0 saturated carbocycles. The predicted molar refractivity (Wildman–Crippen MR) is 67.2 cm³/mol. The lowest BCUT2D eigenvalue weighted by Gasteiger charge is -2.14. The van der Waals surface area contributed by atoms with E-state index in [1.165, 1.54) is 0 Å². The number of aromatic nitrogens is 1. The average Bonchev–Trinajstić information content (AvgIpc) is 2.38. The first-order valence-electron chi connectivity index (χ1n) is 5.18. The van der Waals surface area contributed by atoms with Crippen molar-refractivity contribution >= 4 is 5.69 Å². The average molecular weight is 230 g/mol. The molecular formula is C13H14N2O2. The van der Waals surface area contributed by atoms with E-state index in [0.29, 0.717) is 17.2 Å². The summed E-state index contributed by atoms with van der Waals surface area (Å²) in [6, 6.07) is 7.35. The Morgan fingerprint density at radius 1 is 1.06 bits per heavy atom. The van der Waals surface area contributed by atoms with Crippen LogP contribution in [0.5, 0.6) is 11.5 Å². The largest absolute Gasteiger partial charge is 0.496 e. The van der Waals surface area contributed by atoms with Gasteiger partial charge in [0.15, 0.2) is 0 Å². The quantitative estimate of drug-likeness (QED) is 0.879. The third kappa shape index (κ3) is 2.01. The molecule has 0 fully saturated rings. The smallest absolute Gasteiger partial charge is 0.130 e. The number of benzene rings is 1. The molecule has 0 radical (unpaired) electrons. The summed E-state index contributed by atoms with van der Waals surface area (Å²) in [4.78, 5) is 4.08. The summed E-state index contributed by atoms with van der Waals surface area (Å²) in [5.74, 6) is 1.42. The Balaban J connectivity index is 2.69. The first-order valence-corrected chi connectivity index (χ1v) is 5.18. The number of pyridine rings is 1. The number of nitrogen functional groups attached to an aromatic ring is 1. The van der Waals surface area contributed by atoms with Gasteiger partial charge in [0, 0.05) is 23.6 Å². The summed E-state index contributed by atoms with van der Waals surface area (Å²) in [5, 5.41) is 0. The van der Waals surface area contributed by atoms with Gasteiger partial charge in [-0.2, -0.15) is 0 Å². The molecule has 4 nitrogen and oxygen atoms in total. The maximum atomic E-state index is 5.95. The Kier molecular flexibility index (Phi) is 3.14. The number of anilines is 1. The Hall–Kier alpha value is -2.23. The van der Waals surface area contributed by atoms with Crippen LogP contribution >= 0.6 is 0 Å². The second-order valence-electron chi connectivity index (χ2n) is 3.50. The molecule has 0 bridgehead atoms. The molecule has 1 aromatic carbocycles. The fraction of sp³-hybridized carbons (Fsp3) is 0.154. The van der Waals surface area contributed by atoms with Gasteiger partial charge in [-0.05, 0) is 18.2 Å². The molecule has 4 heteroatoms. The fourth-order valence-corrected chi connectivity index (χ4v) is 1.73. The molecule has 2 N–H and O–H groups in total. The van der Waals surface area contributed by atoms with Gasteiger partial charge in [0.05, 0.1) is 19.8 Å². The maximum Gasteiger partial charge on any atom is 0.130 e. The molecule has 0 aliphatic rings. The van der Waals surface area contributed by atoms with E-state index in [4.69, 9.17) is 15.2 Å². The van der Waals surface area contributed by atoms with Gasteiger partial charge in [-0.15, -0.1) is 0 Å². The lowest BCUT2D eigenvalue weighted by Crippen LogP contribution is -1.96. The monoisotopic (exact) mass is 230 g/mol. The van der Waals surface area contributed by atoms with Gasteiger partial charge in [0.25, 0.3) is 0 Å². The van der Waals surface area contributed by atoms with E-state index in [0.717, 1.165) is 11.1 Å². The Morgan fingerprint density at radius 2 is 1.71 bits per heavy atom.